The first-order valence-corrected chi connectivity index (χ1v) is 10.1. The number of urea groups is 1. The largest absolute Gasteiger partial charge is 0.337 e. The number of benzene rings is 3. The van der Waals surface area contributed by atoms with Crippen molar-refractivity contribution in [3.8, 4) is 0 Å². The summed E-state index contributed by atoms with van der Waals surface area (Å²) in [6, 6.07) is 21.3. The second-order valence-corrected chi connectivity index (χ2v) is 7.42. The van der Waals surface area contributed by atoms with Crippen molar-refractivity contribution >= 4 is 63.9 Å². The van der Waals surface area contributed by atoms with E-state index in [-0.39, 0.29) is 0 Å². The Morgan fingerprint density at radius 1 is 0.806 bits per heavy atom. The zero-order valence-corrected chi connectivity index (χ0v) is 17.7. The number of aromatic nitrogens is 2. The molecule has 0 bridgehead atoms. The summed E-state index contributed by atoms with van der Waals surface area (Å²) in [6.45, 7) is 0. The predicted octanol–water partition coefficient (Wildman–Crippen LogP) is 6.26. The Labute approximate surface area is 188 Å². The topological polar surface area (TPSA) is 78.9 Å². The van der Waals surface area contributed by atoms with Gasteiger partial charge in [0.05, 0.1) is 11.0 Å². The molecule has 0 atom stereocenters. The highest BCUT2D eigenvalue weighted by Gasteiger charge is 2.08. The lowest BCUT2D eigenvalue weighted by Crippen LogP contribution is -2.34. The Bertz CT molecular complexity index is 1260. The number of fused-ring (bicyclic) bond motifs is 1. The molecule has 0 radical (unpaired) electrons. The van der Waals surface area contributed by atoms with Gasteiger partial charge in [0, 0.05) is 15.7 Å². The average molecular weight is 450 g/mol. The summed E-state index contributed by atoms with van der Waals surface area (Å²) in [4.78, 5) is 21.5. The van der Waals surface area contributed by atoms with Crippen LogP contribution in [0.15, 0.2) is 72.8 Å². The molecule has 0 fully saturated rings. The molecule has 6 nitrogen and oxygen atoms in total. The Balaban J connectivity index is 1.55. The van der Waals surface area contributed by atoms with E-state index in [2.05, 4.69) is 26.1 Å². The van der Waals surface area contributed by atoms with E-state index in [9.17, 15) is 4.79 Å². The van der Waals surface area contributed by atoms with Crippen LogP contribution in [0.5, 0.6) is 0 Å². The lowest BCUT2D eigenvalue weighted by molar-refractivity contribution is 0.254. The molecule has 8 heteroatoms. The van der Waals surface area contributed by atoms with Crippen LogP contribution in [0.1, 0.15) is 11.3 Å². The number of carbonyl (C=O) groups is 1. The van der Waals surface area contributed by atoms with Crippen LogP contribution in [0.25, 0.3) is 23.2 Å². The molecule has 31 heavy (non-hydrogen) atoms. The van der Waals surface area contributed by atoms with Crippen LogP contribution < -0.4 is 16.2 Å². The van der Waals surface area contributed by atoms with Crippen molar-refractivity contribution in [3.63, 3.8) is 0 Å². The number of para-hydroxylation sites is 2. The smallest absolute Gasteiger partial charge is 0.307 e. The minimum Gasteiger partial charge on any atom is -0.307 e. The number of carbonyl (C=O) groups excluding carboxylic acids is 1. The third kappa shape index (κ3) is 5.51. The zero-order chi connectivity index (χ0) is 21.6. The highest BCUT2D eigenvalue weighted by Crippen LogP contribution is 2.20. The minimum absolute atomic E-state index is 0.408. The van der Waals surface area contributed by atoms with Gasteiger partial charge in [0.1, 0.15) is 5.69 Å². The van der Waals surface area contributed by atoms with Crippen LogP contribution in [0.3, 0.4) is 0 Å². The van der Waals surface area contributed by atoms with E-state index in [1.165, 1.54) is 0 Å². The summed E-state index contributed by atoms with van der Waals surface area (Å²) < 4.78 is 0. The number of amides is 2. The van der Waals surface area contributed by atoms with Gasteiger partial charge in [-0.2, -0.15) is 0 Å². The van der Waals surface area contributed by atoms with Crippen LogP contribution >= 0.6 is 23.2 Å². The minimum atomic E-state index is -0.468. The fourth-order valence-electron chi connectivity index (χ4n) is 2.82. The van der Waals surface area contributed by atoms with E-state index in [1.807, 2.05) is 60.7 Å². The highest BCUT2D eigenvalue weighted by atomic mass is 35.5. The van der Waals surface area contributed by atoms with Crippen LogP contribution in [0.4, 0.5) is 16.3 Å². The summed E-state index contributed by atoms with van der Waals surface area (Å²) in [5, 5.41) is 3.89. The van der Waals surface area contributed by atoms with Gasteiger partial charge in [-0.25, -0.2) is 20.2 Å². The number of hydrogen-bond acceptors (Lipinski definition) is 4. The molecule has 0 aliphatic heterocycles. The number of nitrogens with zero attached hydrogens (tertiary/aromatic N) is 2. The van der Waals surface area contributed by atoms with Crippen molar-refractivity contribution in [1.82, 2.24) is 15.4 Å². The van der Waals surface area contributed by atoms with Crippen LogP contribution in [-0.4, -0.2) is 16.0 Å². The van der Waals surface area contributed by atoms with Crippen molar-refractivity contribution in [2.75, 3.05) is 10.7 Å². The number of hydrazine groups is 1. The molecule has 1 heterocycles. The normalized spacial score (nSPS) is 10.9. The van der Waals surface area contributed by atoms with Gasteiger partial charge in [-0.1, -0.05) is 59.6 Å². The van der Waals surface area contributed by atoms with Crippen LogP contribution in [0, 0.1) is 0 Å². The fraction of sp³-hybridized carbons (Fsp3) is 0. The van der Waals surface area contributed by atoms with Gasteiger partial charge in [-0.3, -0.25) is 5.43 Å². The SMILES string of the molecule is O=C(NNc1nc2ccccc2nc1/C=C/c1ccc(Cl)cc1)Nc1cccc(Cl)c1. The van der Waals surface area contributed by atoms with E-state index < -0.39 is 6.03 Å². The summed E-state index contributed by atoms with van der Waals surface area (Å²) in [7, 11) is 0. The maximum absolute atomic E-state index is 12.3. The maximum Gasteiger partial charge on any atom is 0.337 e. The lowest BCUT2D eigenvalue weighted by Gasteiger charge is -2.12. The Morgan fingerprint density at radius 2 is 1.55 bits per heavy atom. The lowest BCUT2D eigenvalue weighted by atomic mass is 10.2. The first kappa shape index (κ1) is 20.7. The van der Waals surface area contributed by atoms with E-state index >= 15 is 0 Å². The maximum atomic E-state index is 12.3. The van der Waals surface area contributed by atoms with Crippen molar-refractivity contribution in [2.24, 2.45) is 0 Å². The molecule has 0 spiro atoms. The number of rotatable bonds is 5. The van der Waals surface area contributed by atoms with Gasteiger partial charge in [-0.05, 0) is 54.1 Å². The molecule has 4 rings (SSSR count). The number of halogens is 2. The van der Waals surface area contributed by atoms with Gasteiger partial charge < -0.3 is 5.32 Å². The molecule has 0 saturated carbocycles. The molecule has 0 aliphatic carbocycles. The third-order valence-corrected chi connectivity index (χ3v) is 4.77. The van der Waals surface area contributed by atoms with Crippen LogP contribution in [0.2, 0.25) is 10.0 Å². The monoisotopic (exact) mass is 449 g/mol. The quantitative estimate of drug-likeness (QED) is 0.314. The zero-order valence-electron chi connectivity index (χ0n) is 16.1. The van der Waals surface area contributed by atoms with E-state index in [1.54, 1.807) is 24.3 Å². The number of hydrogen-bond donors (Lipinski definition) is 3. The molecule has 0 aliphatic rings. The average Bonchev–Trinajstić information content (AvgIpc) is 2.77. The molecule has 3 N–H and O–H groups in total. The summed E-state index contributed by atoms with van der Waals surface area (Å²) in [5.41, 5.74) is 8.96. The second kappa shape index (κ2) is 9.47. The van der Waals surface area contributed by atoms with Gasteiger partial charge in [0.25, 0.3) is 0 Å². The van der Waals surface area contributed by atoms with Crippen molar-refractivity contribution < 1.29 is 4.79 Å². The first-order valence-electron chi connectivity index (χ1n) is 9.36. The van der Waals surface area contributed by atoms with Crippen molar-refractivity contribution in [2.45, 2.75) is 0 Å². The summed E-state index contributed by atoms with van der Waals surface area (Å²) >= 11 is 11.9. The molecule has 4 aromatic rings. The molecule has 0 unspecified atom stereocenters. The molecule has 2 amide bonds. The van der Waals surface area contributed by atoms with Crippen molar-refractivity contribution in [3.05, 3.63) is 94.1 Å². The molecule has 3 aromatic carbocycles. The summed E-state index contributed by atoms with van der Waals surface area (Å²) in [6.07, 6.45) is 3.72. The van der Waals surface area contributed by atoms with Gasteiger partial charge >= 0.3 is 6.03 Å². The Hall–Kier alpha value is -3.61. The molecular weight excluding hydrogens is 433 g/mol. The molecule has 0 saturated heterocycles. The molecular formula is C23H17Cl2N5O. The number of anilines is 2. The standard InChI is InChI=1S/C23H17Cl2N5O/c24-16-11-8-15(9-12-16)10-13-21-22(28-20-7-2-1-6-19(20)27-21)29-30-23(31)26-18-5-3-4-17(25)14-18/h1-14H,(H,28,29)(H2,26,30,31)/b13-10+. The summed E-state index contributed by atoms with van der Waals surface area (Å²) in [5.74, 6) is 0.408. The Morgan fingerprint density at radius 3 is 2.29 bits per heavy atom. The molecule has 154 valence electrons. The second-order valence-electron chi connectivity index (χ2n) is 6.55. The molecule has 1 aromatic heterocycles. The van der Waals surface area contributed by atoms with E-state index in [4.69, 9.17) is 23.2 Å². The Kier molecular flexibility index (Phi) is 6.31. The van der Waals surface area contributed by atoms with Crippen LogP contribution in [-0.2, 0) is 0 Å². The van der Waals surface area contributed by atoms with Gasteiger partial charge in [-0.15, -0.1) is 0 Å². The van der Waals surface area contributed by atoms with Gasteiger partial charge in [0.15, 0.2) is 5.82 Å². The van der Waals surface area contributed by atoms with E-state index in [0.717, 1.165) is 11.1 Å². The number of nitrogens with one attached hydrogen (secondary N) is 3. The fourth-order valence-corrected chi connectivity index (χ4v) is 3.13. The first-order chi connectivity index (χ1) is 15.1. The van der Waals surface area contributed by atoms with E-state index in [0.29, 0.717) is 32.8 Å². The van der Waals surface area contributed by atoms with Crippen molar-refractivity contribution in [1.29, 1.82) is 0 Å². The predicted molar refractivity (Wildman–Crippen MR) is 127 cm³/mol. The highest BCUT2D eigenvalue weighted by molar-refractivity contribution is 6.31. The third-order valence-electron chi connectivity index (χ3n) is 4.28. The van der Waals surface area contributed by atoms with Gasteiger partial charge in [0.2, 0.25) is 0 Å².